The lowest BCUT2D eigenvalue weighted by Crippen LogP contribution is -2.00. The molecule has 0 spiro atoms. The highest BCUT2D eigenvalue weighted by Crippen LogP contribution is 2.49. The van der Waals surface area contributed by atoms with Crippen molar-refractivity contribution in [2.75, 3.05) is 0 Å². The van der Waals surface area contributed by atoms with Crippen molar-refractivity contribution in [2.24, 2.45) is 5.92 Å². The number of hydrogen-bond donors (Lipinski definition) is 1. The van der Waals surface area contributed by atoms with Crippen molar-refractivity contribution in [1.29, 1.82) is 0 Å². The van der Waals surface area contributed by atoms with Crippen LogP contribution in [0.1, 0.15) is 29.0 Å². The summed E-state index contributed by atoms with van der Waals surface area (Å²) in [5.74, 6) is -0.617. The fourth-order valence-electron chi connectivity index (χ4n) is 2.05. The summed E-state index contributed by atoms with van der Waals surface area (Å²) in [7, 11) is 0. The summed E-state index contributed by atoms with van der Waals surface area (Å²) in [6, 6.07) is 4.10. The quantitative estimate of drug-likeness (QED) is 0.894. The number of aliphatic carboxylic acids is 1. The smallest absolute Gasteiger partial charge is 0.307 e. The van der Waals surface area contributed by atoms with E-state index in [2.05, 4.69) is 22.0 Å². The largest absolute Gasteiger partial charge is 0.481 e. The van der Waals surface area contributed by atoms with E-state index in [9.17, 15) is 4.79 Å². The van der Waals surface area contributed by atoms with E-state index in [4.69, 9.17) is 5.11 Å². The second-order valence-electron chi connectivity index (χ2n) is 4.20. The Morgan fingerprint density at radius 2 is 2.13 bits per heavy atom. The average Bonchev–Trinajstić information content (AvgIpc) is 2.94. The molecule has 0 aliphatic heterocycles. The third kappa shape index (κ3) is 1.81. The molecule has 2 rings (SSSR count). The highest BCUT2D eigenvalue weighted by atomic mass is 79.9. The Morgan fingerprint density at radius 3 is 2.67 bits per heavy atom. The maximum Gasteiger partial charge on any atom is 0.307 e. The molecule has 0 heterocycles. The van der Waals surface area contributed by atoms with Gasteiger partial charge in [-0.25, -0.2) is 0 Å². The Bertz CT molecular complexity index is 426. The van der Waals surface area contributed by atoms with Crippen LogP contribution in [0.25, 0.3) is 0 Å². The first-order valence-electron chi connectivity index (χ1n) is 5.00. The molecule has 1 aromatic carbocycles. The summed E-state index contributed by atoms with van der Waals surface area (Å²) in [5.41, 5.74) is 3.56. The molecule has 1 aromatic rings. The summed E-state index contributed by atoms with van der Waals surface area (Å²) in [4.78, 5) is 10.8. The first kappa shape index (κ1) is 10.7. The SMILES string of the molecule is Cc1ccc([C@@H]2C[C@H]2C(=O)O)c(C)c1Br. The number of rotatable bonds is 2. The molecule has 0 radical (unpaired) electrons. The van der Waals surface area contributed by atoms with Gasteiger partial charge >= 0.3 is 5.97 Å². The zero-order chi connectivity index (χ0) is 11.2. The molecule has 1 aliphatic carbocycles. The van der Waals surface area contributed by atoms with E-state index in [1.165, 1.54) is 16.7 Å². The standard InChI is InChI=1S/C12H13BrO2/c1-6-3-4-8(7(2)11(6)13)9-5-10(9)12(14)15/h3-4,9-10H,5H2,1-2H3,(H,14,15)/t9-,10+/m0/s1. The van der Waals surface area contributed by atoms with Gasteiger partial charge in [-0.3, -0.25) is 4.79 Å². The van der Waals surface area contributed by atoms with Gasteiger partial charge in [-0.15, -0.1) is 0 Å². The average molecular weight is 269 g/mol. The third-order valence-corrected chi connectivity index (χ3v) is 4.35. The van der Waals surface area contributed by atoms with Gasteiger partial charge in [-0.2, -0.15) is 0 Å². The van der Waals surface area contributed by atoms with E-state index in [0.29, 0.717) is 0 Å². The van der Waals surface area contributed by atoms with Gasteiger partial charge in [-0.05, 0) is 42.9 Å². The van der Waals surface area contributed by atoms with Gasteiger partial charge in [0.2, 0.25) is 0 Å². The highest BCUT2D eigenvalue weighted by molar-refractivity contribution is 9.10. The van der Waals surface area contributed by atoms with E-state index in [1.54, 1.807) is 0 Å². The van der Waals surface area contributed by atoms with Crippen molar-refractivity contribution in [3.05, 3.63) is 33.3 Å². The highest BCUT2D eigenvalue weighted by Gasteiger charge is 2.44. The Hall–Kier alpha value is -0.830. The topological polar surface area (TPSA) is 37.3 Å². The van der Waals surface area contributed by atoms with E-state index in [-0.39, 0.29) is 11.8 Å². The molecule has 15 heavy (non-hydrogen) atoms. The lowest BCUT2D eigenvalue weighted by Gasteiger charge is -2.09. The van der Waals surface area contributed by atoms with Crippen molar-refractivity contribution < 1.29 is 9.90 Å². The molecular weight excluding hydrogens is 256 g/mol. The van der Waals surface area contributed by atoms with Gasteiger partial charge in [-0.1, -0.05) is 28.1 Å². The Kier molecular flexibility index (Phi) is 2.59. The minimum absolute atomic E-state index is 0.168. The minimum atomic E-state index is -0.670. The number of carboxylic acids is 1. The third-order valence-electron chi connectivity index (χ3n) is 3.13. The van der Waals surface area contributed by atoms with Crippen LogP contribution in [-0.2, 0) is 4.79 Å². The van der Waals surface area contributed by atoms with Crippen molar-refractivity contribution >= 4 is 21.9 Å². The monoisotopic (exact) mass is 268 g/mol. The number of benzene rings is 1. The van der Waals surface area contributed by atoms with Gasteiger partial charge in [0.05, 0.1) is 5.92 Å². The number of carboxylic acid groups (broad SMARTS) is 1. The lowest BCUT2D eigenvalue weighted by atomic mass is 10.0. The summed E-state index contributed by atoms with van der Waals surface area (Å²) in [6.07, 6.45) is 0.783. The van der Waals surface area contributed by atoms with Crippen LogP contribution in [0.2, 0.25) is 0 Å². The van der Waals surface area contributed by atoms with Gasteiger partial charge in [0.25, 0.3) is 0 Å². The maximum atomic E-state index is 10.8. The molecule has 0 unspecified atom stereocenters. The summed E-state index contributed by atoms with van der Waals surface area (Å²) >= 11 is 3.54. The van der Waals surface area contributed by atoms with E-state index in [1.807, 2.05) is 19.9 Å². The van der Waals surface area contributed by atoms with Gasteiger partial charge < -0.3 is 5.11 Å². The summed E-state index contributed by atoms with van der Waals surface area (Å²) in [5, 5.41) is 8.89. The molecule has 3 heteroatoms. The van der Waals surface area contributed by atoms with Crippen LogP contribution in [-0.4, -0.2) is 11.1 Å². The molecule has 0 bridgehead atoms. The van der Waals surface area contributed by atoms with Crippen LogP contribution in [0.5, 0.6) is 0 Å². The fourth-order valence-corrected chi connectivity index (χ4v) is 2.41. The molecule has 0 saturated heterocycles. The van der Waals surface area contributed by atoms with E-state index >= 15 is 0 Å². The van der Waals surface area contributed by atoms with Crippen molar-refractivity contribution in [3.8, 4) is 0 Å². The predicted molar refractivity (Wildman–Crippen MR) is 62.1 cm³/mol. The molecule has 1 aliphatic rings. The van der Waals surface area contributed by atoms with Crippen LogP contribution < -0.4 is 0 Å². The number of carbonyl (C=O) groups is 1. The predicted octanol–water partition coefficient (Wildman–Crippen LogP) is 3.25. The normalized spacial score (nSPS) is 23.9. The van der Waals surface area contributed by atoms with Crippen LogP contribution in [0, 0.1) is 19.8 Å². The van der Waals surface area contributed by atoms with Crippen LogP contribution >= 0.6 is 15.9 Å². The number of halogens is 1. The lowest BCUT2D eigenvalue weighted by molar-refractivity contribution is -0.138. The Morgan fingerprint density at radius 1 is 1.47 bits per heavy atom. The van der Waals surface area contributed by atoms with Crippen molar-refractivity contribution in [2.45, 2.75) is 26.2 Å². The fraction of sp³-hybridized carbons (Fsp3) is 0.417. The molecule has 0 amide bonds. The second kappa shape index (κ2) is 3.63. The molecule has 0 aromatic heterocycles. The zero-order valence-electron chi connectivity index (χ0n) is 8.75. The minimum Gasteiger partial charge on any atom is -0.481 e. The van der Waals surface area contributed by atoms with Crippen molar-refractivity contribution in [3.63, 3.8) is 0 Å². The molecule has 2 atom stereocenters. The molecule has 2 nitrogen and oxygen atoms in total. The molecule has 1 fully saturated rings. The van der Waals surface area contributed by atoms with E-state index in [0.717, 1.165) is 10.9 Å². The summed E-state index contributed by atoms with van der Waals surface area (Å²) < 4.78 is 1.11. The summed E-state index contributed by atoms with van der Waals surface area (Å²) in [6.45, 7) is 4.09. The first-order valence-corrected chi connectivity index (χ1v) is 5.80. The molecule has 80 valence electrons. The van der Waals surface area contributed by atoms with Crippen LogP contribution in [0.3, 0.4) is 0 Å². The van der Waals surface area contributed by atoms with Crippen LogP contribution in [0.4, 0.5) is 0 Å². The van der Waals surface area contributed by atoms with Crippen molar-refractivity contribution in [1.82, 2.24) is 0 Å². The molecular formula is C12H13BrO2. The molecule has 1 saturated carbocycles. The Labute approximate surface area is 97.4 Å². The van der Waals surface area contributed by atoms with Gasteiger partial charge in [0, 0.05) is 4.47 Å². The zero-order valence-corrected chi connectivity index (χ0v) is 10.3. The van der Waals surface area contributed by atoms with Crippen LogP contribution in [0.15, 0.2) is 16.6 Å². The number of hydrogen-bond acceptors (Lipinski definition) is 1. The van der Waals surface area contributed by atoms with Gasteiger partial charge in [0.1, 0.15) is 0 Å². The maximum absolute atomic E-state index is 10.8. The molecule has 1 N–H and O–H groups in total. The second-order valence-corrected chi connectivity index (χ2v) is 4.99. The Balaban J connectivity index is 2.32. The van der Waals surface area contributed by atoms with Gasteiger partial charge in [0.15, 0.2) is 0 Å². The first-order chi connectivity index (χ1) is 7.02. The number of aryl methyl sites for hydroxylation is 1. The van der Waals surface area contributed by atoms with E-state index < -0.39 is 5.97 Å².